The van der Waals surface area contributed by atoms with Crippen LogP contribution in [0.3, 0.4) is 0 Å². The normalized spacial score (nSPS) is 11.6. The van der Waals surface area contributed by atoms with Crippen LogP contribution in [0.15, 0.2) is 91.1 Å². The molecule has 6 rings (SSSR count). The van der Waals surface area contributed by atoms with Gasteiger partial charge >= 0.3 is 0 Å². The van der Waals surface area contributed by atoms with Gasteiger partial charge in [0.2, 0.25) is 0 Å². The van der Waals surface area contributed by atoms with Crippen molar-refractivity contribution in [2.75, 3.05) is 0 Å². The third kappa shape index (κ3) is 2.20. The van der Waals surface area contributed by atoms with Crippen LogP contribution in [-0.2, 0) is 0 Å². The molecule has 0 spiro atoms. The van der Waals surface area contributed by atoms with Crippen LogP contribution in [0.4, 0.5) is 0 Å². The zero-order valence-corrected chi connectivity index (χ0v) is 15.0. The van der Waals surface area contributed by atoms with Gasteiger partial charge in [-0.05, 0) is 17.5 Å². The van der Waals surface area contributed by atoms with E-state index in [4.69, 9.17) is 9.97 Å². The monoisotopic (exact) mass is 357 g/mol. The Hall–Kier alpha value is -3.85. The SMILES string of the molecule is c1ccc(-c2nc3nc4c(ccc5cccnc54)cc3c3ccccc23)cc1. The average Bonchev–Trinajstić information content (AvgIpc) is 2.78. The fourth-order valence-corrected chi connectivity index (χ4v) is 3.96. The molecule has 3 aromatic carbocycles. The van der Waals surface area contributed by atoms with Crippen molar-refractivity contribution in [2.24, 2.45) is 0 Å². The van der Waals surface area contributed by atoms with Gasteiger partial charge in [-0.2, -0.15) is 0 Å². The summed E-state index contributed by atoms with van der Waals surface area (Å²) in [5, 5.41) is 5.55. The molecule has 3 aromatic heterocycles. The molecule has 3 nitrogen and oxygen atoms in total. The zero-order chi connectivity index (χ0) is 18.5. The molecule has 0 atom stereocenters. The number of hydrogen-bond donors (Lipinski definition) is 0. The first-order valence-corrected chi connectivity index (χ1v) is 9.31. The van der Waals surface area contributed by atoms with Crippen LogP contribution >= 0.6 is 0 Å². The summed E-state index contributed by atoms with van der Waals surface area (Å²) in [4.78, 5) is 14.5. The molecule has 0 saturated heterocycles. The average molecular weight is 357 g/mol. The van der Waals surface area contributed by atoms with E-state index < -0.39 is 0 Å². The minimum atomic E-state index is 0.753. The predicted octanol–water partition coefficient (Wildman–Crippen LogP) is 6.15. The van der Waals surface area contributed by atoms with Crippen molar-refractivity contribution >= 4 is 43.6 Å². The Kier molecular flexibility index (Phi) is 3.17. The Morgan fingerprint density at radius 3 is 2.21 bits per heavy atom. The van der Waals surface area contributed by atoms with E-state index in [2.05, 4.69) is 65.6 Å². The maximum atomic E-state index is 4.99. The van der Waals surface area contributed by atoms with Crippen LogP contribution in [0, 0.1) is 0 Å². The minimum Gasteiger partial charge on any atom is -0.254 e. The lowest BCUT2D eigenvalue weighted by Gasteiger charge is -2.11. The third-order valence-corrected chi connectivity index (χ3v) is 5.27. The molecule has 0 aliphatic heterocycles. The van der Waals surface area contributed by atoms with Crippen molar-refractivity contribution in [3.63, 3.8) is 0 Å². The molecule has 0 saturated carbocycles. The first-order valence-electron chi connectivity index (χ1n) is 9.31. The van der Waals surface area contributed by atoms with E-state index in [-0.39, 0.29) is 0 Å². The van der Waals surface area contributed by atoms with E-state index in [0.29, 0.717) is 0 Å². The lowest BCUT2D eigenvalue weighted by Crippen LogP contribution is -1.93. The lowest BCUT2D eigenvalue weighted by atomic mass is 10.0. The molecule has 0 fully saturated rings. The molecule has 0 aliphatic rings. The van der Waals surface area contributed by atoms with Crippen LogP contribution in [0.2, 0.25) is 0 Å². The van der Waals surface area contributed by atoms with Crippen LogP contribution < -0.4 is 0 Å². The van der Waals surface area contributed by atoms with Crippen molar-refractivity contribution in [2.45, 2.75) is 0 Å². The smallest absolute Gasteiger partial charge is 0.161 e. The van der Waals surface area contributed by atoms with E-state index in [1.54, 1.807) is 0 Å². The predicted molar refractivity (Wildman–Crippen MR) is 115 cm³/mol. The summed E-state index contributed by atoms with van der Waals surface area (Å²) >= 11 is 0. The highest BCUT2D eigenvalue weighted by molar-refractivity contribution is 6.14. The highest BCUT2D eigenvalue weighted by Gasteiger charge is 2.13. The second-order valence-electron chi connectivity index (χ2n) is 6.94. The van der Waals surface area contributed by atoms with Crippen LogP contribution in [0.1, 0.15) is 0 Å². The van der Waals surface area contributed by atoms with Gasteiger partial charge in [0.05, 0.1) is 16.7 Å². The van der Waals surface area contributed by atoms with Gasteiger partial charge in [0, 0.05) is 33.3 Å². The Balaban J connectivity index is 1.80. The molecule has 0 bridgehead atoms. The Labute approximate surface area is 161 Å². The standard InChI is InChI=1S/C25H15N3/c1-2-7-16(8-3-1)22-20-11-5-4-10-19(20)21-15-18-13-12-17-9-6-14-26-23(17)24(18)28-25(21)27-22/h1-15H. The van der Waals surface area contributed by atoms with E-state index in [1.807, 2.05) is 30.5 Å². The van der Waals surface area contributed by atoms with E-state index in [1.165, 1.54) is 5.39 Å². The van der Waals surface area contributed by atoms with Crippen LogP contribution in [-0.4, -0.2) is 15.0 Å². The Morgan fingerprint density at radius 1 is 0.536 bits per heavy atom. The van der Waals surface area contributed by atoms with Gasteiger partial charge in [-0.1, -0.05) is 72.8 Å². The van der Waals surface area contributed by atoms with E-state index >= 15 is 0 Å². The molecule has 0 radical (unpaired) electrons. The molecular weight excluding hydrogens is 342 g/mol. The molecule has 0 amide bonds. The molecule has 0 N–H and O–H groups in total. The molecule has 0 unspecified atom stereocenters. The molecule has 0 aliphatic carbocycles. The van der Waals surface area contributed by atoms with Gasteiger partial charge in [0.1, 0.15) is 0 Å². The maximum Gasteiger partial charge on any atom is 0.161 e. The van der Waals surface area contributed by atoms with Gasteiger partial charge in [0.25, 0.3) is 0 Å². The largest absolute Gasteiger partial charge is 0.254 e. The van der Waals surface area contributed by atoms with Crippen LogP contribution in [0.5, 0.6) is 0 Å². The fraction of sp³-hybridized carbons (Fsp3) is 0. The first-order chi connectivity index (χ1) is 13.9. The molecule has 3 heteroatoms. The van der Waals surface area contributed by atoms with Crippen molar-refractivity contribution in [1.82, 2.24) is 15.0 Å². The summed E-state index contributed by atoms with van der Waals surface area (Å²) < 4.78 is 0. The molecular formula is C25H15N3. The Morgan fingerprint density at radius 2 is 1.32 bits per heavy atom. The number of hydrogen-bond acceptors (Lipinski definition) is 3. The molecule has 3 heterocycles. The number of aromatic nitrogens is 3. The minimum absolute atomic E-state index is 0.753. The van der Waals surface area contributed by atoms with Crippen molar-refractivity contribution in [3.05, 3.63) is 91.1 Å². The summed E-state index contributed by atoms with van der Waals surface area (Å²) in [6.07, 6.45) is 1.82. The lowest BCUT2D eigenvalue weighted by molar-refractivity contribution is 1.33. The fourth-order valence-electron chi connectivity index (χ4n) is 3.96. The van der Waals surface area contributed by atoms with Gasteiger partial charge in [-0.25, -0.2) is 9.97 Å². The zero-order valence-electron chi connectivity index (χ0n) is 15.0. The molecule has 28 heavy (non-hydrogen) atoms. The van der Waals surface area contributed by atoms with Crippen molar-refractivity contribution in [3.8, 4) is 11.3 Å². The second-order valence-corrected chi connectivity index (χ2v) is 6.94. The van der Waals surface area contributed by atoms with Gasteiger partial charge in [-0.3, -0.25) is 4.98 Å². The third-order valence-electron chi connectivity index (χ3n) is 5.27. The number of pyridine rings is 3. The summed E-state index contributed by atoms with van der Waals surface area (Å²) in [7, 11) is 0. The highest BCUT2D eigenvalue weighted by atomic mass is 14.9. The maximum absolute atomic E-state index is 4.99. The summed E-state index contributed by atoms with van der Waals surface area (Å²) in [6, 6.07) is 29.2. The van der Waals surface area contributed by atoms with Crippen LogP contribution in [0.25, 0.3) is 54.9 Å². The molecule has 130 valence electrons. The Bertz CT molecular complexity index is 1500. The highest BCUT2D eigenvalue weighted by Crippen LogP contribution is 2.34. The molecule has 6 aromatic rings. The summed E-state index contributed by atoms with van der Waals surface area (Å²) in [5.41, 5.74) is 4.62. The summed E-state index contributed by atoms with van der Waals surface area (Å²) in [6.45, 7) is 0. The van der Waals surface area contributed by atoms with Gasteiger partial charge < -0.3 is 0 Å². The van der Waals surface area contributed by atoms with E-state index in [0.717, 1.165) is 49.5 Å². The quantitative estimate of drug-likeness (QED) is 0.262. The van der Waals surface area contributed by atoms with Crippen molar-refractivity contribution in [1.29, 1.82) is 0 Å². The topological polar surface area (TPSA) is 38.7 Å². The number of benzene rings is 3. The second kappa shape index (κ2) is 5.83. The number of fused-ring (bicyclic) bond motifs is 6. The number of rotatable bonds is 1. The first kappa shape index (κ1) is 15.2. The van der Waals surface area contributed by atoms with Gasteiger partial charge in [0.15, 0.2) is 5.65 Å². The van der Waals surface area contributed by atoms with Gasteiger partial charge in [-0.15, -0.1) is 0 Å². The summed E-state index contributed by atoms with van der Waals surface area (Å²) in [5.74, 6) is 0. The van der Waals surface area contributed by atoms with E-state index in [9.17, 15) is 0 Å². The van der Waals surface area contributed by atoms with Crippen molar-refractivity contribution < 1.29 is 0 Å². The number of nitrogens with zero attached hydrogens (tertiary/aromatic N) is 3.